The van der Waals surface area contributed by atoms with Gasteiger partial charge in [0.1, 0.15) is 0 Å². The Labute approximate surface area is 159 Å². The molecule has 1 aromatic heterocycles. The maximum atomic E-state index is 12.0. The summed E-state index contributed by atoms with van der Waals surface area (Å²) in [4.78, 5) is 12.0. The summed E-state index contributed by atoms with van der Waals surface area (Å²) in [6.07, 6.45) is 1.66. The molecule has 0 saturated heterocycles. The van der Waals surface area contributed by atoms with E-state index < -0.39 is 0 Å². The topological polar surface area (TPSA) is 58.4 Å². The Hall–Kier alpha value is -3.34. The Morgan fingerprint density at radius 2 is 1.78 bits per heavy atom. The molecule has 0 aliphatic rings. The van der Waals surface area contributed by atoms with Crippen LogP contribution >= 0.6 is 0 Å². The second-order valence-electron chi connectivity index (χ2n) is 6.52. The lowest BCUT2D eigenvalue weighted by atomic mass is 10.1. The molecular formula is C22H24N4O. The van der Waals surface area contributed by atoms with Crippen molar-refractivity contribution in [2.75, 3.05) is 11.9 Å². The number of benzene rings is 2. The first-order valence-electron chi connectivity index (χ1n) is 8.91. The first kappa shape index (κ1) is 18.5. The number of aromatic nitrogens is 1. The molecule has 27 heavy (non-hydrogen) atoms. The minimum atomic E-state index is -0.195. The van der Waals surface area contributed by atoms with Gasteiger partial charge in [-0.3, -0.25) is 4.79 Å². The lowest BCUT2D eigenvalue weighted by Gasteiger charge is -2.09. The molecule has 3 rings (SSSR count). The Balaban J connectivity index is 1.59. The lowest BCUT2D eigenvalue weighted by molar-refractivity contribution is -0.119. The van der Waals surface area contributed by atoms with Crippen LogP contribution in [0.4, 0.5) is 5.69 Å². The van der Waals surface area contributed by atoms with Crippen LogP contribution in [0.15, 0.2) is 65.8 Å². The van der Waals surface area contributed by atoms with Gasteiger partial charge in [-0.15, -0.1) is 0 Å². The van der Waals surface area contributed by atoms with Crippen LogP contribution in [0.3, 0.4) is 0 Å². The maximum absolute atomic E-state index is 12.0. The van der Waals surface area contributed by atoms with E-state index in [0.29, 0.717) is 0 Å². The molecule has 0 aliphatic carbocycles. The Kier molecular flexibility index (Phi) is 5.71. The van der Waals surface area contributed by atoms with E-state index in [1.54, 1.807) is 6.21 Å². The molecule has 1 heterocycles. The zero-order valence-electron chi connectivity index (χ0n) is 15.9. The number of aryl methyl sites for hydroxylation is 3. The van der Waals surface area contributed by atoms with Crippen molar-refractivity contribution in [3.8, 4) is 5.69 Å². The number of carbonyl (C=O) groups excluding carboxylic acids is 1. The van der Waals surface area contributed by atoms with Crippen LogP contribution in [-0.2, 0) is 4.79 Å². The molecule has 2 N–H and O–H groups in total. The highest BCUT2D eigenvalue weighted by Crippen LogP contribution is 2.15. The van der Waals surface area contributed by atoms with Gasteiger partial charge in [-0.25, -0.2) is 5.43 Å². The van der Waals surface area contributed by atoms with Gasteiger partial charge in [0.05, 0.1) is 18.5 Å². The third-order valence-corrected chi connectivity index (χ3v) is 4.47. The van der Waals surface area contributed by atoms with Crippen molar-refractivity contribution in [3.63, 3.8) is 0 Å². The SMILES string of the molecule is Cc1ccc(NCC(=O)N/N=C/c2ccc(C)n2-c2ccccc2)cc1C. The number of nitrogens with zero attached hydrogens (tertiary/aromatic N) is 2. The fourth-order valence-electron chi connectivity index (χ4n) is 2.83. The molecule has 0 atom stereocenters. The highest BCUT2D eigenvalue weighted by Gasteiger charge is 2.05. The Morgan fingerprint density at radius 1 is 1.00 bits per heavy atom. The summed E-state index contributed by atoms with van der Waals surface area (Å²) < 4.78 is 2.09. The smallest absolute Gasteiger partial charge is 0.259 e. The van der Waals surface area contributed by atoms with Gasteiger partial charge in [0.15, 0.2) is 0 Å². The van der Waals surface area contributed by atoms with E-state index in [0.717, 1.165) is 22.8 Å². The molecular weight excluding hydrogens is 336 g/mol. The number of rotatable bonds is 6. The monoisotopic (exact) mass is 360 g/mol. The van der Waals surface area contributed by atoms with Gasteiger partial charge in [-0.1, -0.05) is 24.3 Å². The van der Waals surface area contributed by atoms with E-state index >= 15 is 0 Å². The van der Waals surface area contributed by atoms with Gasteiger partial charge in [0.2, 0.25) is 0 Å². The molecule has 0 saturated carbocycles. The molecule has 0 bridgehead atoms. The number of hydrogen-bond acceptors (Lipinski definition) is 3. The number of nitrogens with one attached hydrogen (secondary N) is 2. The average molecular weight is 360 g/mol. The molecule has 0 spiro atoms. The standard InChI is InChI=1S/C22H24N4O/c1-16-9-11-19(13-17(16)2)23-15-22(27)25-24-14-21-12-10-18(3)26(21)20-7-5-4-6-8-20/h4-14,23H,15H2,1-3H3,(H,25,27)/b24-14+. The van der Waals surface area contributed by atoms with E-state index in [1.165, 1.54) is 11.1 Å². The third-order valence-electron chi connectivity index (χ3n) is 4.47. The van der Waals surface area contributed by atoms with E-state index in [2.05, 4.69) is 34.3 Å². The average Bonchev–Trinajstić information content (AvgIpc) is 3.04. The number of hydrogen-bond donors (Lipinski definition) is 2. The van der Waals surface area contributed by atoms with Gasteiger partial charge in [-0.05, 0) is 68.3 Å². The minimum Gasteiger partial charge on any atom is -0.376 e. The van der Waals surface area contributed by atoms with Gasteiger partial charge >= 0.3 is 0 Å². The number of hydrazone groups is 1. The van der Waals surface area contributed by atoms with Crippen LogP contribution in [0.2, 0.25) is 0 Å². The third kappa shape index (κ3) is 4.64. The maximum Gasteiger partial charge on any atom is 0.259 e. The predicted molar refractivity (Wildman–Crippen MR) is 111 cm³/mol. The molecule has 0 fully saturated rings. The van der Waals surface area contributed by atoms with Crippen molar-refractivity contribution in [3.05, 3.63) is 83.2 Å². The van der Waals surface area contributed by atoms with Crippen molar-refractivity contribution in [1.29, 1.82) is 0 Å². The molecule has 138 valence electrons. The first-order valence-corrected chi connectivity index (χ1v) is 8.91. The molecule has 3 aromatic rings. The summed E-state index contributed by atoms with van der Waals surface area (Å²) in [6.45, 7) is 6.32. The highest BCUT2D eigenvalue weighted by molar-refractivity contribution is 5.84. The van der Waals surface area contributed by atoms with Crippen LogP contribution in [-0.4, -0.2) is 23.2 Å². The van der Waals surface area contributed by atoms with Crippen LogP contribution in [0.5, 0.6) is 0 Å². The van der Waals surface area contributed by atoms with Gasteiger partial charge in [0, 0.05) is 17.1 Å². The normalized spacial score (nSPS) is 10.9. The van der Waals surface area contributed by atoms with Crippen molar-refractivity contribution < 1.29 is 4.79 Å². The minimum absolute atomic E-state index is 0.165. The first-order chi connectivity index (χ1) is 13.0. The number of anilines is 1. The van der Waals surface area contributed by atoms with E-state index in [4.69, 9.17) is 0 Å². The quantitative estimate of drug-likeness (QED) is 0.516. The summed E-state index contributed by atoms with van der Waals surface area (Å²) >= 11 is 0. The van der Waals surface area contributed by atoms with Crippen LogP contribution in [0, 0.1) is 20.8 Å². The van der Waals surface area contributed by atoms with Crippen molar-refractivity contribution in [2.24, 2.45) is 5.10 Å². The molecule has 0 aliphatic heterocycles. The zero-order valence-corrected chi connectivity index (χ0v) is 15.9. The van der Waals surface area contributed by atoms with E-state index in [-0.39, 0.29) is 12.5 Å². The summed E-state index contributed by atoms with van der Waals surface area (Å²) in [5.74, 6) is -0.195. The fourth-order valence-corrected chi connectivity index (χ4v) is 2.83. The molecule has 5 heteroatoms. The molecule has 2 aromatic carbocycles. The van der Waals surface area contributed by atoms with Crippen LogP contribution in [0.1, 0.15) is 22.5 Å². The summed E-state index contributed by atoms with van der Waals surface area (Å²) in [6, 6.07) is 20.1. The number of amides is 1. The zero-order chi connectivity index (χ0) is 19.2. The molecule has 0 radical (unpaired) electrons. The van der Waals surface area contributed by atoms with Crippen molar-refractivity contribution in [1.82, 2.24) is 9.99 Å². The largest absolute Gasteiger partial charge is 0.376 e. The van der Waals surface area contributed by atoms with Gasteiger partial charge in [-0.2, -0.15) is 5.10 Å². The molecule has 0 unspecified atom stereocenters. The lowest BCUT2D eigenvalue weighted by Crippen LogP contribution is -2.26. The predicted octanol–water partition coefficient (Wildman–Crippen LogP) is 3.96. The van der Waals surface area contributed by atoms with Crippen LogP contribution < -0.4 is 10.7 Å². The fraction of sp³-hybridized carbons (Fsp3) is 0.182. The van der Waals surface area contributed by atoms with Crippen LogP contribution in [0.25, 0.3) is 5.69 Å². The summed E-state index contributed by atoms with van der Waals surface area (Å²) in [5.41, 5.74) is 8.98. The van der Waals surface area contributed by atoms with Gasteiger partial charge in [0.25, 0.3) is 5.91 Å². The Bertz CT molecular complexity index is 958. The van der Waals surface area contributed by atoms with Crippen molar-refractivity contribution >= 4 is 17.8 Å². The molecule has 5 nitrogen and oxygen atoms in total. The van der Waals surface area contributed by atoms with E-state index in [9.17, 15) is 4.79 Å². The second-order valence-corrected chi connectivity index (χ2v) is 6.52. The van der Waals surface area contributed by atoms with Gasteiger partial charge < -0.3 is 9.88 Å². The number of carbonyl (C=O) groups is 1. The number of para-hydroxylation sites is 1. The Morgan fingerprint density at radius 3 is 2.52 bits per heavy atom. The second kappa shape index (κ2) is 8.36. The van der Waals surface area contributed by atoms with E-state index in [1.807, 2.05) is 67.6 Å². The summed E-state index contributed by atoms with van der Waals surface area (Å²) in [7, 11) is 0. The van der Waals surface area contributed by atoms with Crippen molar-refractivity contribution in [2.45, 2.75) is 20.8 Å². The molecule has 1 amide bonds. The highest BCUT2D eigenvalue weighted by atomic mass is 16.2. The summed E-state index contributed by atoms with van der Waals surface area (Å²) in [5, 5.41) is 7.21.